The summed E-state index contributed by atoms with van der Waals surface area (Å²) in [6, 6.07) is 5.49. The van der Waals surface area contributed by atoms with Crippen LogP contribution < -0.4 is 4.74 Å². The number of rotatable bonds is 5. The van der Waals surface area contributed by atoms with E-state index in [9.17, 15) is 5.11 Å². The average molecular weight is 257 g/mol. The zero-order chi connectivity index (χ0) is 13.0. The molecule has 2 atom stereocenters. The fraction of sp³-hybridized carbons (Fsp3) is 0.571. The molecule has 0 aliphatic carbocycles. The highest BCUT2D eigenvalue weighted by Crippen LogP contribution is 2.26. The van der Waals surface area contributed by atoms with Gasteiger partial charge in [-0.3, -0.25) is 0 Å². The van der Waals surface area contributed by atoms with Crippen LogP contribution >= 0.6 is 11.6 Å². The molecule has 1 aromatic rings. The molecule has 0 aliphatic rings. The van der Waals surface area contributed by atoms with E-state index in [1.807, 2.05) is 12.1 Å². The summed E-state index contributed by atoms with van der Waals surface area (Å²) in [5, 5.41) is 10.8. The predicted octanol–water partition coefficient (Wildman–Crippen LogP) is 3.54. The molecule has 0 radical (unpaired) electrons. The molecule has 0 spiro atoms. The second-order valence-electron chi connectivity index (χ2n) is 4.83. The summed E-state index contributed by atoms with van der Waals surface area (Å²) in [6.45, 7) is 6.29. The SMILES string of the molecule is COc1ccc(Cl)cc1CC(O)C(C)C(C)C. The van der Waals surface area contributed by atoms with Crippen LogP contribution in [-0.4, -0.2) is 18.3 Å². The molecule has 0 heterocycles. The van der Waals surface area contributed by atoms with Crippen molar-refractivity contribution in [3.05, 3.63) is 28.8 Å². The Morgan fingerprint density at radius 2 is 1.94 bits per heavy atom. The summed E-state index contributed by atoms with van der Waals surface area (Å²) in [4.78, 5) is 0. The van der Waals surface area contributed by atoms with E-state index in [2.05, 4.69) is 20.8 Å². The molecule has 96 valence electrons. The van der Waals surface area contributed by atoms with Gasteiger partial charge in [-0.05, 0) is 35.6 Å². The third-order valence-electron chi connectivity index (χ3n) is 3.33. The highest BCUT2D eigenvalue weighted by atomic mass is 35.5. The van der Waals surface area contributed by atoms with Crippen molar-refractivity contribution in [2.75, 3.05) is 7.11 Å². The standard InChI is InChI=1S/C14H21ClO2/c1-9(2)10(3)13(16)8-11-7-12(15)5-6-14(11)17-4/h5-7,9-10,13,16H,8H2,1-4H3. The van der Waals surface area contributed by atoms with E-state index < -0.39 is 0 Å². The molecule has 0 saturated heterocycles. The number of ether oxygens (including phenoxy) is 1. The molecule has 2 nitrogen and oxygen atoms in total. The Bertz CT molecular complexity index is 363. The maximum atomic E-state index is 10.2. The van der Waals surface area contributed by atoms with E-state index in [1.165, 1.54) is 0 Å². The van der Waals surface area contributed by atoms with E-state index in [0.29, 0.717) is 17.4 Å². The molecule has 0 fully saturated rings. The summed E-state index contributed by atoms with van der Waals surface area (Å²) in [6.07, 6.45) is 0.200. The Morgan fingerprint density at radius 3 is 2.47 bits per heavy atom. The third kappa shape index (κ3) is 3.90. The fourth-order valence-corrected chi connectivity index (χ4v) is 1.96. The van der Waals surface area contributed by atoms with Crippen molar-refractivity contribution in [3.8, 4) is 5.75 Å². The first-order valence-electron chi connectivity index (χ1n) is 5.96. The molecule has 0 amide bonds. The predicted molar refractivity (Wildman–Crippen MR) is 71.7 cm³/mol. The minimum atomic E-state index is -0.373. The van der Waals surface area contributed by atoms with Crippen LogP contribution in [-0.2, 0) is 6.42 Å². The number of halogens is 1. The van der Waals surface area contributed by atoms with Gasteiger partial charge in [0, 0.05) is 11.4 Å². The summed E-state index contributed by atoms with van der Waals surface area (Å²) in [7, 11) is 1.63. The highest BCUT2D eigenvalue weighted by molar-refractivity contribution is 6.30. The van der Waals surface area contributed by atoms with Gasteiger partial charge in [0.2, 0.25) is 0 Å². The zero-order valence-electron chi connectivity index (χ0n) is 10.9. The Hall–Kier alpha value is -0.730. The lowest BCUT2D eigenvalue weighted by Crippen LogP contribution is -2.24. The number of benzene rings is 1. The van der Waals surface area contributed by atoms with Gasteiger partial charge in [0.25, 0.3) is 0 Å². The first-order valence-corrected chi connectivity index (χ1v) is 6.34. The van der Waals surface area contributed by atoms with Gasteiger partial charge in [-0.1, -0.05) is 32.4 Å². The Labute approximate surface area is 109 Å². The molecule has 0 aliphatic heterocycles. The maximum absolute atomic E-state index is 10.2. The molecule has 3 heteroatoms. The lowest BCUT2D eigenvalue weighted by atomic mass is 9.88. The van der Waals surface area contributed by atoms with E-state index in [-0.39, 0.29) is 12.0 Å². The lowest BCUT2D eigenvalue weighted by Gasteiger charge is -2.23. The van der Waals surface area contributed by atoms with E-state index in [1.54, 1.807) is 13.2 Å². The van der Waals surface area contributed by atoms with Crippen molar-refractivity contribution in [2.24, 2.45) is 11.8 Å². The van der Waals surface area contributed by atoms with Crippen LogP contribution in [0.4, 0.5) is 0 Å². The van der Waals surface area contributed by atoms with Gasteiger partial charge in [-0.15, -0.1) is 0 Å². The van der Waals surface area contributed by atoms with E-state index in [0.717, 1.165) is 11.3 Å². The van der Waals surface area contributed by atoms with Crippen molar-refractivity contribution in [1.82, 2.24) is 0 Å². The molecular weight excluding hydrogens is 236 g/mol. The third-order valence-corrected chi connectivity index (χ3v) is 3.57. The molecule has 1 rings (SSSR count). The summed E-state index contributed by atoms with van der Waals surface area (Å²) in [5.74, 6) is 1.48. The summed E-state index contributed by atoms with van der Waals surface area (Å²) >= 11 is 5.96. The molecule has 0 saturated carbocycles. The van der Waals surface area contributed by atoms with Crippen LogP contribution in [0.5, 0.6) is 5.75 Å². The van der Waals surface area contributed by atoms with Crippen molar-refractivity contribution >= 4 is 11.6 Å². The summed E-state index contributed by atoms with van der Waals surface area (Å²) < 4.78 is 5.27. The van der Waals surface area contributed by atoms with Crippen LogP contribution in [0.25, 0.3) is 0 Å². The van der Waals surface area contributed by atoms with Gasteiger partial charge in [-0.2, -0.15) is 0 Å². The second kappa shape index (κ2) is 6.27. The average Bonchev–Trinajstić information content (AvgIpc) is 2.28. The Morgan fingerprint density at radius 1 is 1.29 bits per heavy atom. The molecule has 2 unspecified atom stereocenters. The van der Waals surface area contributed by atoms with Gasteiger partial charge in [0.15, 0.2) is 0 Å². The van der Waals surface area contributed by atoms with Gasteiger partial charge in [-0.25, -0.2) is 0 Å². The monoisotopic (exact) mass is 256 g/mol. The van der Waals surface area contributed by atoms with Gasteiger partial charge >= 0.3 is 0 Å². The fourth-order valence-electron chi connectivity index (χ4n) is 1.76. The Kier molecular flexibility index (Phi) is 5.29. The van der Waals surface area contributed by atoms with Crippen LogP contribution in [0.15, 0.2) is 18.2 Å². The van der Waals surface area contributed by atoms with Crippen LogP contribution in [0.1, 0.15) is 26.3 Å². The molecule has 1 N–H and O–H groups in total. The molecule has 0 bridgehead atoms. The van der Waals surface area contributed by atoms with Crippen molar-refractivity contribution in [3.63, 3.8) is 0 Å². The highest BCUT2D eigenvalue weighted by Gasteiger charge is 2.19. The molecular formula is C14H21ClO2. The summed E-state index contributed by atoms with van der Waals surface area (Å²) in [5.41, 5.74) is 0.958. The van der Waals surface area contributed by atoms with Gasteiger partial charge in [0.1, 0.15) is 5.75 Å². The lowest BCUT2D eigenvalue weighted by molar-refractivity contribution is 0.0915. The van der Waals surface area contributed by atoms with Crippen LogP contribution in [0.2, 0.25) is 5.02 Å². The van der Waals surface area contributed by atoms with Crippen molar-refractivity contribution < 1.29 is 9.84 Å². The number of hydrogen-bond donors (Lipinski definition) is 1. The van der Waals surface area contributed by atoms with Crippen molar-refractivity contribution in [2.45, 2.75) is 33.3 Å². The van der Waals surface area contributed by atoms with Gasteiger partial charge < -0.3 is 9.84 Å². The number of aliphatic hydroxyl groups excluding tert-OH is 1. The van der Waals surface area contributed by atoms with E-state index in [4.69, 9.17) is 16.3 Å². The first kappa shape index (κ1) is 14.3. The minimum Gasteiger partial charge on any atom is -0.496 e. The largest absolute Gasteiger partial charge is 0.496 e. The second-order valence-corrected chi connectivity index (χ2v) is 5.27. The molecule has 1 aromatic carbocycles. The Balaban J connectivity index is 2.83. The zero-order valence-corrected chi connectivity index (χ0v) is 11.7. The normalized spacial score (nSPS) is 14.8. The topological polar surface area (TPSA) is 29.5 Å². The number of methoxy groups -OCH3 is 1. The minimum absolute atomic E-state index is 0.249. The first-order chi connectivity index (χ1) is 7.95. The van der Waals surface area contributed by atoms with Crippen LogP contribution in [0.3, 0.4) is 0 Å². The molecule has 0 aromatic heterocycles. The quantitative estimate of drug-likeness (QED) is 0.873. The number of hydrogen-bond acceptors (Lipinski definition) is 2. The van der Waals surface area contributed by atoms with Crippen LogP contribution in [0, 0.1) is 11.8 Å². The van der Waals surface area contributed by atoms with Gasteiger partial charge in [0.05, 0.1) is 13.2 Å². The number of aliphatic hydroxyl groups is 1. The van der Waals surface area contributed by atoms with E-state index >= 15 is 0 Å². The van der Waals surface area contributed by atoms with Crippen molar-refractivity contribution in [1.29, 1.82) is 0 Å². The maximum Gasteiger partial charge on any atom is 0.122 e. The smallest absolute Gasteiger partial charge is 0.122 e. The molecule has 17 heavy (non-hydrogen) atoms.